The molecular formula is C23H30N2O7. The molecule has 1 spiro atoms. The molecule has 6 atom stereocenters. The zero-order valence-electron chi connectivity index (χ0n) is 18.8. The van der Waals surface area contributed by atoms with E-state index >= 15 is 0 Å². The summed E-state index contributed by atoms with van der Waals surface area (Å²) in [4.78, 5) is 15.9. The summed E-state index contributed by atoms with van der Waals surface area (Å²) in [5.41, 5.74) is 0.0581. The second-order valence-electron chi connectivity index (χ2n) is 9.07. The van der Waals surface area contributed by atoms with Gasteiger partial charge in [-0.1, -0.05) is 11.6 Å². The summed E-state index contributed by atoms with van der Waals surface area (Å²) in [7, 11) is 6.29. The van der Waals surface area contributed by atoms with Gasteiger partial charge in [-0.3, -0.25) is 9.69 Å². The fourth-order valence-electron chi connectivity index (χ4n) is 6.68. The van der Waals surface area contributed by atoms with Crippen molar-refractivity contribution in [3.05, 3.63) is 23.3 Å². The number of ether oxygens (including phenoxy) is 4. The fraction of sp³-hybridized carbons (Fsp3) is 0.609. The van der Waals surface area contributed by atoms with Gasteiger partial charge in [0.05, 0.1) is 45.6 Å². The number of rotatable bonds is 6. The molecule has 5 aliphatic heterocycles. The van der Waals surface area contributed by atoms with Gasteiger partial charge in [-0.05, 0) is 12.8 Å². The Balaban J connectivity index is 1.70. The first-order chi connectivity index (χ1) is 15.4. The highest BCUT2D eigenvalue weighted by Crippen LogP contribution is 2.65. The Labute approximate surface area is 186 Å². The van der Waals surface area contributed by atoms with Crippen LogP contribution < -0.4 is 19.5 Å². The summed E-state index contributed by atoms with van der Waals surface area (Å²) in [5, 5.41) is 25.0. The van der Waals surface area contributed by atoms with Crippen LogP contribution in [0, 0.1) is 5.92 Å². The lowest BCUT2D eigenvalue weighted by Gasteiger charge is -2.56. The van der Waals surface area contributed by atoms with Gasteiger partial charge < -0.3 is 34.5 Å². The molecule has 4 bridgehead atoms. The number of carbonyl (C=O) groups is 1. The highest BCUT2D eigenvalue weighted by Gasteiger charge is 2.72. The molecule has 9 heteroatoms. The highest BCUT2D eigenvalue weighted by atomic mass is 16.5. The maximum Gasteiger partial charge on any atom is 0.237 e. The van der Waals surface area contributed by atoms with E-state index in [-0.39, 0.29) is 30.5 Å². The first-order valence-electron chi connectivity index (χ1n) is 10.8. The van der Waals surface area contributed by atoms with Crippen molar-refractivity contribution in [1.29, 1.82) is 0 Å². The number of hydrogen-bond acceptors (Lipinski definition) is 8. The van der Waals surface area contributed by atoms with Crippen molar-refractivity contribution in [2.24, 2.45) is 5.92 Å². The van der Waals surface area contributed by atoms with Crippen LogP contribution in [-0.2, 0) is 14.9 Å². The smallest absolute Gasteiger partial charge is 0.237 e. The summed E-state index contributed by atoms with van der Waals surface area (Å²) in [6, 6.07) is 1.19. The summed E-state index contributed by atoms with van der Waals surface area (Å²) < 4.78 is 22.1. The van der Waals surface area contributed by atoms with Crippen LogP contribution in [-0.4, -0.2) is 86.9 Å². The molecule has 174 valence electrons. The Bertz CT molecular complexity index is 995. The monoisotopic (exact) mass is 446 g/mol. The van der Waals surface area contributed by atoms with Gasteiger partial charge in [-0.15, -0.1) is 0 Å². The predicted octanol–water partition coefficient (Wildman–Crippen LogP) is 0.675. The SMILES string of the molecule is COCC=C1CN2[C@H]3C[C@H]1[C@@](O)(CO)[C@H]2C[C@@]31C(=O)Nc2c(OC)cc(OC)c(OC)c21. The highest BCUT2D eigenvalue weighted by molar-refractivity contribution is 6.10. The molecule has 4 saturated heterocycles. The standard InChI is InChI=1S/C23H30N2O7/c1-29-6-5-12-10-25-16-7-13(12)23(28,11-26)17(25)9-22(16)18-19(24-21(22)27)14(30-2)8-15(31-3)20(18)32-4/h5,8,13,16-17,26,28H,6-7,9-11H2,1-4H3,(H,24,27)/t13-,16+,17-,22-,23+/m1/s1. The average Bonchev–Trinajstić information content (AvgIpc) is 3.27. The second-order valence-corrected chi connectivity index (χ2v) is 9.07. The van der Waals surface area contributed by atoms with E-state index in [2.05, 4.69) is 10.2 Å². The summed E-state index contributed by atoms with van der Waals surface area (Å²) in [6.45, 7) is 0.686. The molecule has 1 amide bonds. The molecule has 32 heavy (non-hydrogen) atoms. The van der Waals surface area contributed by atoms with Crippen LogP contribution in [0.4, 0.5) is 5.69 Å². The first-order valence-corrected chi connectivity index (χ1v) is 10.8. The number of nitrogens with one attached hydrogen (secondary N) is 1. The van der Waals surface area contributed by atoms with E-state index in [1.807, 2.05) is 6.08 Å². The number of methoxy groups -OCH3 is 4. The number of carbonyl (C=O) groups excluding carboxylic acids is 1. The van der Waals surface area contributed by atoms with E-state index in [0.29, 0.717) is 54.5 Å². The van der Waals surface area contributed by atoms with Crippen LogP contribution in [0.1, 0.15) is 18.4 Å². The largest absolute Gasteiger partial charge is 0.494 e. The first kappa shape index (κ1) is 21.5. The molecule has 0 aromatic heterocycles. The van der Waals surface area contributed by atoms with E-state index in [1.165, 1.54) is 0 Å². The van der Waals surface area contributed by atoms with E-state index in [9.17, 15) is 15.0 Å². The normalized spacial score (nSPS) is 37.7. The van der Waals surface area contributed by atoms with Crippen molar-refractivity contribution >= 4 is 11.6 Å². The fourth-order valence-corrected chi connectivity index (χ4v) is 6.68. The van der Waals surface area contributed by atoms with Crippen molar-refractivity contribution in [2.45, 2.75) is 35.9 Å². The van der Waals surface area contributed by atoms with E-state index in [0.717, 1.165) is 5.57 Å². The molecule has 0 saturated carbocycles. The number of aliphatic hydroxyl groups excluding tert-OH is 1. The average molecular weight is 447 g/mol. The summed E-state index contributed by atoms with van der Waals surface area (Å²) >= 11 is 0. The third-order valence-corrected chi connectivity index (χ3v) is 8.05. The molecule has 6 rings (SSSR count). The second kappa shape index (κ2) is 7.34. The zero-order chi connectivity index (χ0) is 22.8. The van der Waals surface area contributed by atoms with Crippen LogP contribution in [0.15, 0.2) is 17.7 Å². The molecule has 9 nitrogen and oxygen atoms in total. The number of fused-ring (bicyclic) bond motifs is 3. The Kier molecular flexibility index (Phi) is 4.94. The van der Waals surface area contributed by atoms with E-state index in [4.69, 9.17) is 18.9 Å². The van der Waals surface area contributed by atoms with Crippen molar-refractivity contribution in [1.82, 2.24) is 4.90 Å². The minimum Gasteiger partial charge on any atom is -0.494 e. The van der Waals surface area contributed by atoms with Crippen molar-refractivity contribution in [3.8, 4) is 17.2 Å². The van der Waals surface area contributed by atoms with Crippen molar-refractivity contribution in [3.63, 3.8) is 0 Å². The molecule has 1 unspecified atom stereocenters. The van der Waals surface area contributed by atoms with Gasteiger partial charge in [0.15, 0.2) is 11.5 Å². The topological polar surface area (TPSA) is 110 Å². The van der Waals surface area contributed by atoms with Crippen molar-refractivity contribution < 1.29 is 34.0 Å². The lowest BCUT2D eigenvalue weighted by atomic mass is 9.67. The molecule has 1 aromatic rings. The lowest BCUT2D eigenvalue weighted by Crippen LogP contribution is -2.68. The van der Waals surface area contributed by atoms with E-state index in [1.54, 1.807) is 34.5 Å². The number of anilines is 1. The Morgan fingerprint density at radius 1 is 1.19 bits per heavy atom. The van der Waals surface area contributed by atoms with Gasteiger partial charge in [0.1, 0.15) is 11.4 Å². The predicted molar refractivity (Wildman–Crippen MR) is 115 cm³/mol. The Morgan fingerprint density at radius 2 is 1.94 bits per heavy atom. The van der Waals surface area contributed by atoms with Crippen LogP contribution in [0.25, 0.3) is 0 Å². The molecule has 5 aliphatic rings. The van der Waals surface area contributed by atoms with Crippen molar-refractivity contribution in [2.75, 3.05) is 53.5 Å². The molecule has 0 aliphatic carbocycles. The number of hydrogen-bond donors (Lipinski definition) is 3. The molecule has 4 fully saturated rings. The van der Waals surface area contributed by atoms with Gasteiger partial charge >= 0.3 is 0 Å². The molecule has 0 radical (unpaired) electrons. The number of nitrogens with zero attached hydrogens (tertiary/aromatic N) is 1. The number of piperidine rings is 3. The molecule has 1 aromatic carbocycles. The van der Waals surface area contributed by atoms with Gasteiger partial charge in [0, 0.05) is 43.3 Å². The molecule has 3 N–H and O–H groups in total. The van der Waals surface area contributed by atoms with Gasteiger partial charge in [0.25, 0.3) is 0 Å². The van der Waals surface area contributed by atoms with Crippen LogP contribution in [0.3, 0.4) is 0 Å². The summed E-state index contributed by atoms with van der Waals surface area (Å²) in [5.74, 6) is 1.09. The number of amides is 1. The number of benzene rings is 1. The third-order valence-electron chi connectivity index (χ3n) is 8.05. The Hall–Kier alpha value is -2.33. The molecule has 5 heterocycles. The quantitative estimate of drug-likeness (QED) is 0.548. The minimum atomic E-state index is -1.34. The maximum atomic E-state index is 13.7. The molecular weight excluding hydrogens is 416 g/mol. The summed E-state index contributed by atoms with van der Waals surface area (Å²) in [6.07, 6.45) is 2.89. The van der Waals surface area contributed by atoms with Gasteiger partial charge in [0.2, 0.25) is 5.91 Å². The third kappa shape index (κ3) is 2.45. The zero-order valence-corrected chi connectivity index (χ0v) is 18.8. The lowest BCUT2D eigenvalue weighted by molar-refractivity contribution is -0.153. The maximum absolute atomic E-state index is 13.7. The minimum absolute atomic E-state index is 0.139. The van der Waals surface area contributed by atoms with Gasteiger partial charge in [-0.25, -0.2) is 0 Å². The van der Waals surface area contributed by atoms with Crippen LogP contribution in [0.2, 0.25) is 0 Å². The van der Waals surface area contributed by atoms with Crippen LogP contribution in [0.5, 0.6) is 17.2 Å². The van der Waals surface area contributed by atoms with Crippen LogP contribution >= 0.6 is 0 Å². The van der Waals surface area contributed by atoms with Gasteiger partial charge in [-0.2, -0.15) is 0 Å². The number of aliphatic hydroxyl groups is 2. The Morgan fingerprint density at radius 3 is 2.56 bits per heavy atom. The van der Waals surface area contributed by atoms with E-state index < -0.39 is 11.0 Å².